The van der Waals surface area contributed by atoms with Gasteiger partial charge in [0.15, 0.2) is 0 Å². The summed E-state index contributed by atoms with van der Waals surface area (Å²) >= 11 is 5.04. The SMILES string of the molecule is Cc1nn(CC(=O)N(C)Cc2cc(Br)cs2)c(C)c1N. The molecule has 0 fully saturated rings. The van der Waals surface area contributed by atoms with Crippen LogP contribution in [-0.4, -0.2) is 27.6 Å². The lowest BCUT2D eigenvalue weighted by Gasteiger charge is -2.16. The summed E-state index contributed by atoms with van der Waals surface area (Å²) in [6, 6.07) is 2.02. The molecule has 0 bridgehead atoms. The molecule has 2 rings (SSSR count). The van der Waals surface area contributed by atoms with E-state index in [0.29, 0.717) is 12.2 Å². The molecule has 108 valence electrons. The van der Waals surface area contributed by atoms with Crippen LogP contribution in [0.4, 0.5) is 5.69 Å². The molecule has 0 aromatic carbocycles. The molecule has 0 aliphatic carbocycles. The zero-order valence-electron chi connectivity index (χ0n) is 11.7. The number of hydrogen-bond acceptors (Lipinski definition) is 4. The lowest BCUT2D eigenvalue weighted by atomic mass is 10.3. The third-order valence-electron chi connectivity index (χ3n) is 3.16. The fourth-order valence-corrected chi connectivity index (χ4v) is 3.38. The van der Waals surface area contributed by atoms with E-state index in [0.717, 1.165) is 20.7 Å². The number of halogens is 1. The first-order chi connectivity index (χ1) is 9.38. The number of nitrogens with two attached hydrogens (primary N) is 1. The van der Waals surface area contributed by atoms with Crippen molar-refractivity contribution in [1.82, 2.24) is 14.7 Å². The minimum Gasteiger partial charge on any atom is -0.396 e. The predicted molar refractivity (Wildman–Crippen MR) is 84.6 cm³/mol. The Labute approximate surface area is 130 Å². The molecule has 7 heteroatoms. The van der Waals surface area contributed by atoms with Crippen LogP contribution in [0.25, 0.3) is 0 Å². The molecular formula is C13H17BrN4OS. The van der Waals surface area contributed by atoms with E-state index in [4.69, 9.17) is 5.73 Å². The molecule has 2 N–H and O–H groups in total. The first kappa shape index (κ1) is 15.1. The first-order valence-electron chi connectivity index (χ1n) is 6.15. The average molecular weight is 357 g/mol. The third-order valence-corrected chi connectivity index (χ3v) is 4.85. The van der Waals surface area contributed by atoms with E-state index in [1.165, 1.54) is 0 Å². The summed E-state index contributed by atoms with van der Waals surface area (Å²) in [5.74, 6) is 0.0140. The maximum Gasteiger partial charge on any atom is 0.244 e. The Morgan fingerprint density at radius 3 is 2.75 bits per heavy atom. The standard InChI is InChI=1S/C13H17BrN4OS/c1-8-13(15)9(2)18(16-8)6-12(19)17(3)5-11-4-10(14)7-20-11/h4,7H,5-6,15H2,1-3H3. The van der Waals surface area contributed by atoms with Crippen LogP contribution < -0.4 is 5.73 Å². The number of rotatable bonds is 4. The minimum atomic E-state index is 0.0140. The Balaban J connectivity index is 2.02. The molecule has 0 radical (unpaired) electrons. The van der Waals surface area contributed by atoms with Crippen LogP contribution in [0.5, 0.6) is 0 Å². The van der Waals surface area contributed by atoms with Crippen LogP contribution in [-0.2, 0) is 17.9 Å². The van der Waals surface area contributed by atoms with E-state index >= 15 is 0 Å². The van der Waals surface area contributed by atoms with Crippen molar-refractivity contribution in [3.63, 3.8) is 0 Å². The van der Waals surface area contributed by atoms with Gasteiger partial charge in [-0.05, 0) is 35.8 Å². The molecule has 0 aliphatic heterocycles. The van der Waals surface area contributed by atoms with Gasteiger partial charge in [-0.1, -0.05) is 0 Å². The number of amides is 1. The molecule has 2 heterocycles. The zero-order valence-corrected chi connectivity index (χ0v) is 14.1. The number of nitrogens with zero attached hydrogens (tertiary/aromatic N) is 3. The fraction of sp³-hybridized carbons (Fsp3) is 0.385. The molecule has 1 amide bonds. The monoisotopic (exact) mass is 356 g/mol. The van der Waals surface area contributed by atoms with Gasteiger partial charge in [0.25, 0.3) is 0 Å². The summed E-state index contributed by atoms with van der Waals surface area (Å²) in [5, 5.41) is 6.29. The molecular weight excluding hydrogens is 340 g/mol. The van der Waals surface area contributed by atoms with Crippen LogP contribution in [0, 0.1) is 13.8 Å². The van der Waals surface area contributed by atoms with Crippen molar-refractivity contribution in [2.24, 2.45) is 0 Å². The van der Waals surface area contributed by atoms with Gasteiger partial charge in [-0.3, -0.25) is 9.48 Å². The summed E-state index contributed by atoms with van der Waals surface area (Å²) in [6.07, 6.45) is 0. The highest BCUT2D eigenvalue weighted by molar-refractivity contribution is 9.10. The Kier molecular flexibility index (Phi) is 4.49. The molecule has 0 unspecified atom stereocenters. The summed E-state index contributed by atoms with van der Waals surface area (Å²) in [6.45, 7) is 4.53. The number of aromatic nitrogens is 2. The Hall–Kier alpha value is -1.34. The van der Waals surface area contributed by atoms with E-state index in [9.17, 15) is 4.79 Å². The Morgan fingerprint density at radius 2 is 2.25 bits per heavy atom. The number of likely N-dealkylation sites (N-methyl/N-ethyl adjacent to an activating group) is 1. The second-order valence-electron chi connectivity index (χ2n) is 4.72. The van der Waals surface area contributed by atoms with Gasteiger partial charge in [0, 0.05) is 21.8 Å². The Bertz CT molecular complexity index is 634. The van der Waals surface area contributed by atoms with Gasteiger partial charge in [0.1, 0.15) is 6.54 Å². The van der Waals surface area contributed by atoms with E-state index in [1.54, 1.807) is 28.0 Å². The first-order valence-corrected chi connectivity index (χ1v) is 7.82. The van der Waals surface area contributed by atoms with E-state index < -0.39 is 0 Å². The maximum absolute atomic E-state index is 12.2. The highest BCUT2D eigenvalue weighted by atomic mass is 79.9. The van der Waals surface area contributed by atoms with E-state index in [2.05, 4.69) is 21.0 Å². The second kappa shape index (κ2) is 5.97. The number of anilines is 1. The third kappa shape index (κ3) is 3.21. The second-order valence-corrected chi connectivity index (χ2v) is 6.63. The molecule has 2 aromatic rings. The summed E-state index contributed by atoms with van der Waals surface area (Å²) < 4.78 is 2.71. The van der Waals surface area contributed by atoms with Crippen LogP contribution in [0.15, 0.2) is 15.9 Å². The van der Waals surface area contributed by atoms with Crippen LogP contribution in [0.3, 0.4) is 0 Å². The van der Waals surface area contributed by atoms with Gasteiger partial charge in [0.05, 0.1) is 23.6 Å². The van der Waals surface area contributed by atoms with Crippen LogP contribution >= 0.6 is 27.3 Å². The molecule has 0 saturated carbocycles. The largest absolute Gasteiger partial charge is 0.396 e. The van der Waals surface area contributed by atoms with Gasteiger partial charge in [-0.25, -0.2) is 0 Å². The summed E-state index contributed by atoms with van der Waals surface area (Å²) in [5.41, 5.74) is 8.12. The number of carbonyl (C=O) groups is 1. The van der Waals surface area contributed by atoms with Crippen molar-refractivity contribution >= 4 is 38.9 Å². The molecule has 0 saturated heterocycles. The molecule has 0 spiro atoms. The van der Waals surface area contributed by atoms with Gasteiger partial charge >= 0.3 is 0 Å². The van der Waals surface area contributed by atoms with Gasteiger partial charge < -0.3 is 10.6 Å². The summed E-state index contributed by atoms with van der Waals surface area (Å²) in [4.78, 5) is 15.1. The molecule has 5 nitrogen and oxygen atoms in total. The normalized spacial score (nSPS) is 10.8. The lowest BCUT2D eigenvalue weighted by molar-refractivity contribution is -0.131. The topological polar surface area (TPSA) is 64.2 Å². The number of aryl methyl sites for hydroxylation is 1. The van der Waals surface area contributed by atoms with Gasteiger partial charge in [0.2, 0.25) is 5.91 Å². The zero-order chi connectivity index (χ0) is 14.9. The maximum atomic E-state index is 12.2. The number of hydrogen-bond donors (Lipinski definition) is 1. The van der Waals surface area contributed by atoms with Crippen molar-refractivity contribution in [3.05, 3.63) is 32.2 Å². The van der Waals surface area contributed by atoms with Gasteiger partial charge in [-0.15, -0.1) is 11.3 Å². The number of carbonyl (C=O) groups excluding carboxylic acids is 1. The quantitative estimate of drug-likeness (QED) is 0.915. The molecule has 2 aromatic heterocycles. The van der Waals surface area contributed by atoms with Crippen molar-refractivity contribution < 1.29 is 4.79 Å². The highest BCUT2D eigenvalue weighted by Crippen LogP contribution is 2.21. The highest BCUT2D eigenvalue weighted by Gasteiger charge is 2.15. The Morgan fingerprint density at radius 1 is 1.55 bits per heavy atom. The average Bonchev–Trinajstić information content (AvgIpc) is 2.89. The van der Waals surface area contributed by atoms with Crippen LogP contribution in [0.2, 0.25) is 0 Å². The van der Waals surface area contributed by atoms with Crippen molar-refractivity contribution in [3.8, 4) is 0 Å². The lowest BCUT2D eigenvalue weighted by Crippen LogP contribution is -2.30. The van der Waals surface area contributed by atoms with Gasteiger partial charge in [-0.2, -0.15) is 5.10 Å². The van der Waals surface area contributed by atoms with E-state index in [-0.39, 0.29) is 12.5 Å². The smallest absolute Gasteiger partial charge is 0.244 e. The fourth-order valence-electron chi connectivity index (χ4n) is 1.87. The van der Waals surface area contributed by atoms with Crippen molar-refractivity contribution in [1.29, 1.82) is 0 Å². The van der Waals surface area contributed by atoms with Crippen LogP contribution in [0.1, 0.15) is 16.3 Å². The number of nitrogen functional groups attached to an aromatic ring is 1. The minimum absolute atomic E-state index is 0.0140. The summed E-state index contributed by atoms with van der Waals surface area (Å²) in [7, 11) is 1.80. The molecule has 0 atom stereocenters. The number of thiophene rings is 1. The molecule has 20 heavy (non-hydrogen) atoms. The van der Waals surface area contributed by atoms with E-state index in [1.807, 2.05) is 25.3 Å². The molecule has 0 aliphatic rings. The van der Waals surface area contributed by atoms with Crippen molar-refractivity contribution in [2.45, 2.75) is 26.9 Å². The predicted octanol–water partition coefficient (Wildman–Crippen LogP) is 2.56. The van der Waals surface area contributed by atoms with Crippen molar-refractivity contribution in [2.75, 3.05) is 12.8 Å².